The van der Waals surface area contributed by atoms with Crippen LogP contribution in [-0.4, -0.2) is 6.54 Å². The number of likely N-dealkylation sites (N-methyl/N-ethyl adjacent to an activating group) is 1. The van der Waals surface area contributed by atoms with Gasteiger partial charge in [0.2, 0.25) is 0 Å². The lowest BCUT2D eigenvalue weighted by atomic mass is 10.0. The van der Waals surface area contributed by atoms with Crippen LogP contribution < -0.4 is 5.32 Å². The Kier molecular flexibility index (Phi) is 5.91. The van der Waals surface area contributed by atoms with Crippen LogP contribution >= 0.6 is 34.5 Å². The Hall–Kier alpha value is -0.540. The van der Waals surface area contributed by atoms with Gasteiger partial charge in [-0.1, -0.05) is 37.0 Å². The number of rotatable bonds is 6. The van der Waals surface area contributed by atoms with Gasteiger partial charge >= 0.3 is 0 Å². The molecule has 0 saturated heterocycles. The summed E-state index contributed by atoms with van der Waals surface area (Å²) in [6, 6.07) is 10.3. The molecule has 0 amide bonds. The van der Waals surface area contributed by atoms with E-state index in [9.17, 15) is 0 Å². The standard InChI is InChI=1S/C16H19Cl2NS/c1-3-12-6-7-13(20-12)10-16(19-4-2)14-9-11(17)5-8-15(14)18/h5-9,16,19H,3-4,10H2,1-2H3. The highest BCUT2D eigenvalue weighted by molar-refractivity contribution is 7.11. The van der Waals surface area contributed by atoms with Crippen molar-refractivity contribution in [2.24, 2.45) is 0 Å². The molecular weight excluding hydrogens is 309 g/mol. The van der Waals surface area contributed by atoms with Crippen LogP contribution in [0, 0.1) is 0 Å². The van der Waals surface area contributed by atoms with E-state index in [-0.39, 0.29) is 6.04 Å². The Bertz CT molecular complexity index is 565. The average Bonchev–Trinajstić information content (AvgIpc) is 2.89. The van der Waals surface area contributed by atoms with Crippen LogP contribution in [0.5, 0.6) is 0 Å². The Morgan fingerprint density at radius 3 is 2.50 bits per heavy atom. The summed E-state index contributed by atoms with van der Waals surface area (Å²) in [5, 5.41) is 5.01. The Balaban J connectivity index is 2.23. The molecule has 0 fully saturated rings. The summed E-state index contributed by atoms with van der Waals surface area (Å²) in [6.07, 6.45) is 2.03. The third-order valence-electron chi connectivity index (χ3n) is 3.26. The average molecular weight is 328 g/mol. The number of nitrogens with one attached hydrogen (secondary N) is 1. The van der Waals surface area contributed by atoms with Crippen molar-refractivity contribution in [2.45, 2.75) is 32.7 Å². The van der Waals surface area contributed by atoms with Gasteiger partial charge in [0.15, 0.2) is 0 Å². The van der Waals surface area contributed by atoms with Crippen LogP contribution in [0.1, 0.15) is 35.2 Å². The van der Waals surface area contributed by atoms with Crippen molar-refractivity contribution in [1.82, 2.24) is 5.32 Å². The normalized spacial score (nSPS) is 12.6. The quantitative estimate of drug-likeness (QED) is 0.737. The van der Waals surface area contributed by atoms with Crippen LogP contribution in [-0.2, 0) is 12.8 Å². The number of hydrogen-bond acceptors (Lipinski definition) is 2. The minimum absolute atomic E-state index is 0.203. The Morgan fingerprint density at radius 1 is 1.10 bits per heavy atom. The topological polar surface area (TPSA) is 12.0 Å². The maximum atomic E-state index is 6.33. The van der Waals surface area contributed by atoms with Gasteiger partial charge in [-0.2, -0.15) is 0 Å². The van der Waals surface area contributed by atoms with Gasteiger partial charge in [-0.3, -0.25) is 0 Å². The van der Waals surface area contributed by atoms with E-state index in [1.807, 2.05) is 29.5 Å². The van der Waals surface area contributed by atoms with Crippen LogP contribution in [0.4, 0.5) is 0 Å². The third kappa shape index (κ3) is 3.98. The van der Waals surface area contributed by atoms with E-state index in [0.29, 0.717) is 0 Å². The van der Waals surface area contributed by atoms with Gasteiger partial charge < -0.3 is 5.32 Å². The van der Waals surface area contributed by atoms with Gasteiger partial charge in [0, 0.05) is 32.3 Å². The van der Waals surface area contributed by atoms with E-state index >= 15 is 0 Å². The molecule has 0 radical (unpaired) electrons. The summed E-state index contributed by atoms with van der Waals surface area (Å²) in [5.74, 6) is 0. The van der Waals surface area contributed by atoms with Crippen LogP contribution in [0.3, 0.4) is 0 Å². The number of aryl methyl sites for hydroxylation is 1. The summed E-state index contributed by atoms with van der Waals surface area (Å²) in [4.78, 5) is 2.80. The van der Waals surface area contributed by atoms with Gasteiger partial charge in [-0.25, -0.2) is 0 Å². The molecule has 0 aliphatic carbocycles. The Labute approximate surface area is 134 Å². The second-order valence-corrected chi connectivity index (χ2v) is 6.80. The molecule has 1 aromatic heterocycles. The number of halogens is 2. The molecule has 2 aromatic rings. The maximum Gasteiger partial charge on any atom is 0.0454 e. The van der Waals surface area contributed by atoms with E-state index in [1.165, 1.54) is 9.75 Å². The fourth-order valence-electron chi connectivity index (χ4n) is 2.24. The van der Waals surface area contributed by atoms with Gasteiger partial charge in [0.1, 0.15) is 0 Å². The van der Waals surface area contributed by atoms with Crippen molar-refractivity contribution in [3.05, 3.63) is 55.7 Å². The fraction of sp³-hybridized carbons (Fsp3) is 0.375. The zero-order valence-electron chi connectivity index (χ0n) is 11.7. The molecule has 4 heteroatoms. The highest BCUT2D eigenvalue weighted by atomic mass is 35.5. The molecule has 0 aliphatic heterocycles. The molecule has 1 heterocycles. The third-order valence-corrected chi connectivity index (χ3v) is 5.09. The van der Waals surface area contributed by atoms with Gasteiger partial charge in [-0.05, 0) is 48.9 Å². The molecule has 0 spiro atoms. The molecule has 0 aliphatic rings. The molecule has 1 aromatic carbocycles. The van der Waals surface area contributed by atoms with Gasteiger partial charge in [-0.15, -0.1) is 11.3 Å². The summed E-state index contributed by atoms with van der Waals surface area (Å²) in [6.45, 7) is 5.20. The number of benzene rings is 1. The molecular formula is C16H19Cl2NS. The van der Waals surface area contributed by atoms with Crippen molar-refractivity contribution < 1.29 is 0 Å². The van der Waals surface area contributed by atoms with Crippen LogP contribution in [0.2, 0.25) is 10.0 Å². The van der Waals surface area contributed by atoms with Crippen molar-refractivity contribution in [1.29, 1.82) is 0 Å². The highest BCUT2D eigenvalue weighted by Gasteiger charge is 2.16. The lowest BCUT2D eigenvalue weighted by Gasteiger charge is -2.19. The van der Waals surface area contributed by atoms with Crippen molar-refractivity contribution in [3.63, 3.8) is 0 Å². The molecule has 1 atom stereocenters. The maximum absolute atomic E-state index is 6.33. The molecule has 1 nitrogen and oxygen atoms in total. The van der Waals surface area contributed by atoms with E-state index in [2.05, 4.69) is 31.3 Å². The fourth-order valence-corrected chi connectivity index (χ4v) is 3.68. The zero-order chi connectivity index (χ0) is 14.5. The van der Waals surface area contributed by atoms with E-state index in [0.717, 1.165) is 35.0 Å². The molecule has 1 unspecified atom stereocenters. The van der Waals surface area contributed by atoms with Crippen LogP contribution in [0.25, 0.3) is 0 Å². The molecule has 1 N–H and O–H groups in total. The van der Waals surface area contributed by atoms with Crippen molar-refractivity contribution in [3.8, 4) is 0 Å². The molecule has 20 heavy (non-hydrogen) atoms. The van der Waals surface area contributed by atoms with Crippen molar-refractivity contribution >= 4 is 34.5 Å². The van der Waals surface area contributed by atoms with Gasteiger partial charge in [0.05, 0.1) is 0 Å². The lowest BCUT2D eigenvalue weighted by Crippen LogP contribution is -2.23. The minimum Gasteiger partial charge on any atom is -0.310 e. The van der Waals surface area contributed by atoms with E-state index < -0.39 is 0 Å². The first-order chi connectivity index (χ1) is 9.63. The lowest BCUT2D eigenvalue weighted by molar-refractivity contribution is 0.553. The molecule has 0 saturated carbocycles. The largest absolute Gasteiger partial charge is 0.310 e. The van der Waals surface area contributed by atoms with E-state index in [4.69, 9.17) is 23.2 Å². The van der Waals surface area contributed by atoms with Crippen LogP contribution in [0.15, 0.2) is 30.3 Å². The van der Waals surface area contributed by atoms with Gasteiger partial charge in [0.25, 0.3) is 0 Å². The highest BCUT2D eigenvalue weighted by Crippen LogP contribution is 2.30. The smallest absolute Gasteiger partial charge is 0.0454 e. The molecule has 108 valence electrons. The summed E-state index contributed by atoms with van der Waals surface area (Å²) in [7, 11) is 0. The number of hydrogen-bond donors (Lipinski definition) is 1. The molecule has 0 bridgehead atoms. The monoisotopic (exact) mass is 327 g/mol. The first-order valence-corrected chi connectivity index (χ1v) is 8.47. The zero-order valence-corrected chi connectivity index (χ0v) is 14.1. The predicted octanol–water partition coefficient (Wildman–Crippen LogP) is 5.51. The summed E-state index contributed by atoms with van der Waals surface area (Å²) in [5.41, 5.74) is 1.08. The predicted molar refractivity (Wildman–Crippen MR) is 90.3 cm³/mol. The SMILES string of the molecule is CCNC(Cc1ccc(CC)s1)c1cc(Cl)ccc1Cl. The number of thiophene rings is 1. The first-order valence-electron chi connectivity index (χ1n) is 6.90. The molecule has 2 rings (SSSR count). The summed E-state index contributed by atoms with van der Waals surface area (Å²) >= 11 is 14.3. The summed E-state index contributed by atoms with van der Waals surface area (Å²) < 4.78 is 0. The minimum atomic E-state index is 0.203. The van der Waals surface area contributed by atoms with Crippen molar-refractivity contribution in [2.75, 3.05) is 6.54 Å². The second kappa shape index (κ2) is 7.46. The Morgan fingerprint density at radius 2 is 1.85 bits per heavy atom. The second-order valence-electron chi connectivity index (χ2n) is 4.70. The first kappa shape index (κ1) is 15.8. The van der Waals surface area contributed by atoms with E-state index in [1.54, 1.807) is 0 Å².